The summed E-state index contributed by atoms with van der Waals surface area (Å²) in [5, 5.41) is 3.28. The van der Waals surface area contributed by atoms with Gasteiger partial charge in [-0.25, -0.2) is 9.97 Å². The van der Waals surface area contributed by atoms with Crippen molar-refractivity contribution in [2.75, 3.05) is 7.05 Å². The van der Waals surface area contributed by atoms with E-state index in [1.165, 1.54) is 0 Å². The molecule has 1 heterocycles. The summed E-state index contributed by atoms with van der Waals surface area (Å²) in [6.07, 6.45) is 4.76. The summed E-state index contributed by atoms with van der Waals surface area (Å²) in [7, 11) is 2.00. The highest BCUT2D eigenvalue weighted by Crippen LogP contribution is 2.04. The van der Waals surface area contributed by atoms with Crippen molar-refractivity contribution in [3.8, 4) is 0 Å². The number of hydrogen-bond donors (Lipinski definition) is 1. The van der Waals surface area contributed by atoms with Crippen molar-refractivity contribution < 1.29 is 0 Å². The Kier molecular flexibility index (Phi) is 4.53. The van der Waals surface area contributed by atoms with Crippen LogP contribution in [0.25, 0.3) is 0 Å². The third-order valence-corrected chi connectivity index (χ3v) is 2.50. The second-order valence-corrected chi connectivity index (χ2v) is 3.45. The molecule has 1 aromatic rings. The molecule has 14 heavy (non-hydrogen) atoms. The summed E-state index contributed by atoms with van der Waals surface area (Å²) in [5.74, 6) is 0. The number of hydrogen-bond acceptors (Lipinski definition) is 3. The normalized spacial score (nSPS) is 12.8. The lowest BCUT2D eigenvalue weighted by atomic mass is 10.1. The largest absolute Gasteiger partial charge is 0.317 e. The van der Waals surface area contributed by atoms with Gasteiger partial charge in [-0.15, -0.1) is 0 Å². The van der Waals surface area contributed by atoms with Crippen LogP contribution in [0.4, 0.5) is 0 Å². The van der Waals surface area contributed by atoms with E-state index >= 15 is 0 Å². The molecule has 78 valence electrons. The molecule has 1 N–H and O–H groups in total. The minimum atomic E-state index is 0.523. The van der Waals surface area contributed by atoms with E-state index in [0.29, 0.717) is 6.04 Å². The van der Waals surface area contributed by atoms with E-state index in [-0.39, 0.29) is 0 Å². The Labute approximate surface area is 86.0 Å². The van der Waals surface area contributed by atoms with Crippen LogP contribution in [0, 0.1) is 0 Å². The second-order valence-electron chi connectivity index (χ2n) is 3.45. The lowest BCUT2D eigenvalue weighted by Gasteiger charge is -2.12. The van der Waals surface area contributed by atoms with Gasteiger partial charge in [0.15, 0.2) is 0 Å². The van der Waals surface area contributed by atoms with E-state index in [1.54, 1.807) is 6.33 Å². The quantitative estimate of drug-likeness (QED) is 0.771. The van der Waals surface area contributed by atoms with Gasteiger partial charge in [-0.05, 0) is 26.0 Å². The number of rotatable bonds is 5. The molecule has 1 unspecified atom stereocenters. The average Bonchev–Trinajstić information content (AvgIpc) is 2.26. The fourth-order valence-corrected chi connectivity index (χ4v) is 1.45. The Morgan fingerprint density at radius 1 is 1.29 bits per heavy atom. The highest BCUT2D eigenvalue weighted by atomic mass is 14.9. The standard InChI is InChI=1S/C11H19N3/c1-4-9(12-3)6-11-7-10(5-2)13-8-14-11/h7-9,12H,4-6H2,1-3H3. The van der Waals surface area contributed by atoms with Crippen LogP contribution in [-0.2, 0) is 12.8 Å². The van der Waals surface area contributed by atoms with Gasteiger partial charge in [-0.2, -0.15) is 0 Å². The van der Waals surface area contributed by atoms with Crippen LogP contribution in [0.5, 0.6) is 0 Å². The Hall–Kier alpha value is -0.960. The van der Waals surface area contributed by atoms with Crippen LogP contribution in [-0.4, -0.2) is 23.1 Å². The van der Waals surface area contributed by atoms with Gasteiger partial charge in [0.2, 0.25) is 0 Å². The molecule has 0 aromatic carbocycles. The molecule has 0 bridgehead atoms. The number of nitrogens with zero attached hydrogens (tertiary/aromatic N) is 2. The minimum absolute atomic E-state index is 0.523. The molecule has 0 saturated heterocycles. The Morgan fingerprint density at radius 3 is 2.57 bits per heavy atom. The third-order valence-electron chi connectivity index (χ3n) is 2.50. The van der Waals surface area contributed by atoms with Gasteiger partial charge in [-0.3, -0.25) is 0 Å². The fraction of sp³-hybridized carbons (Fsp3) is 0.636. The van der Waals surface area contributed by atoms with Crippen molar-refractivity contribution in [1.82, 2.24) is 15.3 Å². The zero-order chi connectivity index (χ0) is 10.4. The molecule has 1 aromatic heterocycles. The van der Waals surface area contributed by atoms with Gasteiger partial charge in [0.25, 0.3) is 0 Å². The first-order chi connectivity index (χ1) is 6.80. The van der Waals surface area contributed by atoms with E-state index in [9.17, 15) is 0 Å². The van der Waals surface area contributed by atoms with Gasteiger partial charge in [0, 0.05) is 23.9 Å². The molecule has 1 atom stereocenters. The molecule has 0 aliphatic rings. The van der Waals surface area contributed by atoms with Crippen LogP contribution in [0.15, 0.2) is 12.4 Å². The van der Waals surface area contributed by atoms with Crippen LogP contribution >= 0.6 is 0 Å². The van der Waals surface area contributed by atoms with Gasteiger partial charge in [0.1, 0.15) is 6.33 Å². The predicted molar refractivity (Wildman–Crippen MR) is 58.3 cm³/mol. The first kappa shape index (κ1) is 11.1. The van der Waals surface area contributed by atoms with E-state index in [2.05, 4.69) is 35.2 Å². The van der Waals surface area contributed by atoms with Crippen molar-refractivity contribution in [1.29, 1.82) is 0 Å². The molecule has 0 fully saturated rings. The monoisotopic (exact) mass is 193 g/mol. The van der Waals surface area contributed by atoms with Crippen molar-refractivity contribution in [2.24, 2.45) is 0 Å². The molecule has 0 aliphatic heterocycles. The van der Waals surface area contributed by atoms with Gasteiger partial charge < -0.3 is 5.32 Å². The lowest BCUT2D eigenvalue weighted by molar-refractivity contribution is 0.536. The fourth-order valence-electron chi connectivity index (χ4n) is 1.45. The summed E-state index contributed by atoms with van der Waals surface area (Å²) in [4.78, 5) is 8.46. The summed E-state index contributed by atoms with van der Waals surface area (Å²) in [6.45, 7) is 4.30. The SMILES string of the molecule is CCc1cc(CC(CC)NC)ncn1. The maximum atomic E-state index is 4.27. The van der Waals surface area contributed by atoms with Crippen molar-refractivity contribution in [3.05, 3.63) is 23.8 Å². The Morgan fingerprint density at radius 2 is 2.00 bits per heavy atom. The second kappa shape index (κ2) is 5.70. The zero-order valence-electron chi connectivity index (χ0n) is 9.25. The van der Waals surface area contributed by atoms with Gasteiger partial charge in [-0.1, -0.05) is 13.8 Å². The van der Waals surface area contributed by atoms with Crippen molar-refractivity contribution in [3.63, 3.8) is 0 Å². The highest BCUT2D eigenvalue weighted by Gasteiger charge is 2.05. The molecular formula is C11H19N3. The number of nitrogens with one attached hydrogen (secondary N) is 1. The van der Waals surface area contributed by atoms with Crippen LogP contribution in [0.3, 0.4) is 0 Å². The molecule has 0 aliphatic carbocycles. The molecule has 0 spiro atoms. The van der Waals surface area contributed by atoms with Crippen molar-refractivity contribution >= 4 is 0 Å². The van der Waals surface area contributed by atoms with Crippen LogP contribution < -0.4 is 5.32 Å². The minimum Gasteiger partial charge on any atom is -0.317 e. The smallest absolute Gasteiger partial charge is 0.115 e. The van der Waals surface area contributed by atoms with Gasteiger partial charge in [0.05, 0.1) is 0 Å². The third kappa shape index (κ3) is 3.07. The molecule has 1 rings (SSSR count). The molecule has 0 saturated carbocycles. The van der Waals surface area contributed by atoms with E-state index in [0.717, 1.165) is 30.7 Å². The van der Waals surface area contributed by atoms with Gasteiger partial charge >= 0.3 is 0 Å². The van der Waals surface area contributed by atoms with E-state index in [1.807, 2.05) is 7.05 Å². The average molecular weight is 193 g/mol. The first-order valence-corrected chi connectivity index (χ1v) is 5.27. The lowest BCUT2D eigenvalue weighted by Crippen LogP contribution is -2.27. The molecular weight excluding hydrogens is 174 g/mol. The summed E-state index contributed by atoms with van der Waals surface area (Å²) >= 11 is 0. The van der Waals surface area contributed by atoms with Crippen LogP contribution in [0.2, 0.25) is 0 Å². The summed E-state index contributed by atoms with van der Waals surface area (Å²) in [5.41, 5.74) is 2.26. The van der Waals surface area contributed by atoms with E-state index < -0.39 is 0 Å². The molecule has 0 radical (unpaired) electrons. The first-order valence-electron chi connectivity index (χ1n) is 5.27. The molecule has 3 heteroatoms. The topological polar surface area (TPSA) is 37.8 Å². The molecule has 3 nitrogen and oxygen atoms in total. The molecule has 0 amide bonds. The Balaban J connectivity index is 2.65. The highest BCUT2D eigenvalue weighted by molar-refractivity contribution is 5.09. The summed E-state index contributed by atoms with van der Waals surface area (Å²) < 4.78 is 0. The predicted octanol–water partition coefficient (Wildman–Crippen LogP) is 1.58. The number of aryl methyl sites for hydroxylation is 1. The Bertz CT molecular complexity index is 269. The zero-order valence-corrected chi connectivity index (χ0v) is 9.25. The maximum absolute atomic E-state index is 4.27. The maximum Gasteiger partial charge on any atom is 0.115 e. The number of aromatic nitrogens is 2. The number of likely N-dealkylation sites (N-methyl/N-ethyl adjacent to an activating group) is 1. The summed E-state index contributed by atoms with van der Waals surface area (Å²) in [6, 6.07) is 2.62. The van der Waals surface area contributed by atoms with E-state index in [4.69, 9.17) is 0 Å². The van der Waals surface area contributed by atoms with Crippen LogP contribution in [0.1, 0.15) is 31.7 Å². The van der Waals surface area contributed by atoms with Crippen molar-refractivity contribution in [2.45, 2.75) is 39.2 Å².